The molecule has 0 amide bonds. The Kier molecular flexibility index (Phi) is 4.04. The van der Waals surface area contributed by atoms with Crippen molar-refractivity contribution >= 4 is 23.5 Å². The van der Waals surface area contributed by atoms with Gasteiger partial charge in [0.2, 0.25) is 5.30 Å². The molecule has 0 radical (unpaired) electrons. The Morgan fingerprint density at radius 1 is 0.947 bits per heavy atom. The van der Waals surface area contributed by atoms with Crippen LogP contribution in [-0.4, -0.2) is 8.42 Å². The molecule has 98 valence electrons. The third-order valence-electron chi connectivity index (χ3n) is 2.24. The molecule has 2 rings (SSSR count). The molecule has 0 heterocycles. The van der Waals surface area contributed by atoms with Crippen LogP contribution in [0, 0.1) is 5.82 Å². The Morgan fingerprint density at radius 2 is 1.53 bits per heavy atom. The summed E-state index contributed by atoms with van der Waals surface area (Å²) in [6.07, 6.45) is 0. The van der Waals surface area contributed by atoms with E-state index in [1.165, 1.54) is 24.3 Å². The molecule has 0 spiro atoms. The standard InChI is InChI=1S/C12H9FO4PS/c13-11-8-4-5-9-12(11)19(15,16)17-18(14)10-6-2-1-3-7-10/h1-9H/q+1. The fourth-order valence-corrected chi connectivity index (χ4v) is 3.72. The highest BCUT2D eigenvalue weighted by molar-refractivity contribution is 7.90. The van der Waals surface area contributed by atoms with Crippen LogP contribution in [0.5, 0.6) is 0 Å². The Bertz CT molecular complexity index is 701. The van der Waals surface area contributed by atoms with Gasteiger partial charge in [0.05, 0.1) is 0 Å². The summed E-state index contributed by atoms with van der Waals surface area (Å²) in [5.41, 5.74) is 0. The van der Waals surface area contributed by atoms with E-state index >= 15 is 0 Å². The van der Waals surface area contributed by atoms with Crippen molar-refractivity contribution in [2.75, 3.05) is 0 Å². The van der Waals surface area contributed by atoms with Crippen LogP contribution in [-0.2, 0) is 18.7 Å². The van der Waals surface area contributed by atoms with E-state index in [9.17, 15) is 17.4 Å². The van der Waals surface area contributed by atoms with Gasteiger partial charge >= 0.3 is 18.1 Å². The van der Waals surface area contributed by atoms with Gasteiger partial charge in [-0.3, -0.25) is 0 Å². The molecule has 0 aliphatic rings. The van der Waals surface area contributed by atoms with Crippen LogP contribution in [0.15, 0.2) is 59.5 Å². The summed E-state index contributed by atoms with van der Waals surface area (Å²) < 4.78 is 53.3. The van der Waals surface area contributed by atoms with E-state index in [1.807, 2.05) is 0 Å². The lowest BCUT2D eigenvalue weighted by Gasteiger charge is -1.98. The van der Waals surface area contributed by atoms with E-state index in [4.69, 9.17) is 0 Å². The highest BCUT2D eigenvalue weighted by Crippen LogP contribution is 2.29. The fourth-order valence-electron chi connectivity index (χ4n) is 1.37. The number of rotatable bonds is 4. The van der Waals surface area contributed by atoms with Gasteiger partial charge in [0.1, 0.15) is 10.7 Å². The van der Waals surface area contributed by atoms with Crippen molar-refractivity contribution in [2.45, 2.75) is 4.90 Å². The first-order chi connectivity index (χ1) is 9.00. The second-order valence-electron chi connectivity index (χ2n) is 3.55. The van der Waals surface area contributed by atoms with Crippen LogP contribution in [0.2, 0.25) is 0 Å². The lowest BCUT2D eigenvalue weighted by atomic mass is 10.4. The van der Waals surface area contributed by atoms with E-state index in [1.54, 1.807) is 18.2 Å². The first-order valence-electron chi connectivity index (χ1n) is 5.22. The van der Waals surface area contributed by atoms with E-state index < -0.39 is 28.9 Å². The Hall–Kier alpha value is -1.62. The summed E-state index contributed by atoms with van der Waals surface area (Å²) in [5, 5.41) is 0.220. The second-order valence-corrected chi connectivity index (χ2v) is 6.53. The van der Waals surface area contributed by atoms with Crippen molar-refractivity contribution in [1.29, 1.82) is 0 Å². The molecule has 0 aliphatic heterocycles. The normalized spacial score (nSPS) is 12.2. The minimum absolute atomic E-state index is 0.220. The van der Waals surface area contributed by atoms with Crippen molar-refractivity contribution in [2.24, 2.45) is 0 Å². The topological polar surface area (TPSA) is 60.4 Å². The van der Waals surface area contributed by atoms with Crippen molar-refractivity contribution in [1.82, 2.24) is 0 Å². The molecule has 0 N–H and O–H groups in total. The van der Waals surface area contributed by atoms with Crippen LogP contribution < -0.4 is 5.30 Å². The van der Waals surface area contributed by atoms with E-state index in [0.29, 0.717) is 0 Å². The summed E-state index contributed by atoms with van der Waals surface area (Å²) in [6.45, 7) is 0. The summed E-state index contributed by atoms with van der Waals surface area (Å²) in [4.78, 5) is -0.630. The molecule has 0 aromatic heterocycles. The van der Waals surface area contributed by atoms with Crippen LogP contribution in [0.4, 0.5) is 4.39 Å². The molecular weight excluding hydrogens is 290 g/mol. The number of hydrogen-bond acceptors (Lipinski definition) is 4. The zero-order valence-corrected chi connectivity index (χ0v) is 11.3. The molecule has 2 aromatic carbocycles. The predicted molar refractivity (Wildman–Crippen MR) is 68.4 cm³/mol. The van der Waals surface area contributed by atoms with Crippen LogP contribution in [0.3, 0.4) is 0 Å². The maximum absolute atomic E-state index is 13.4. The first kappa shape index (κ1) is 13.8. The van der Waals surface area contributed by atoms with Crippen LogP contribution in [0.1, 0.15) is 0 Å². The Labute approximate surface area is 110 Å². The lowest BCUT2D eigenvalue weighted by Crippen LogP contribution is -2.07. The minimum Gasteiger partial charge on any atom is -0.205 e. The molecule has 0 bridgehead atoms. The van der Waals surface area contributed by atoms with Gasteiger partial charge in [-0.1, -0.05) is 30.3 Å². The van der Waals surface area contributed by atoms with Gasteiger partial charge in [0.25, 0.3) is 0 Å². The van der Waals surface area contributed by atoms with Crippen LogP contribution >= 0.6 is 8.03 Å². The highest BCUT2D eigenvalue weighted by atomic mass is 32.2. The fraction of sp³-hybridized carbons (Fsp3) is 0. The van der Waals surface area contributed by atoms with Gasteiger partial charge in [-0.25, -0.2) is 4.39 Å². The molecule has 0 aliphatic carbocycles. The summed E-state index contributed by atoms with van der Waals surface area (Å²) in [6, 6.07) is 12.6. The number of halogens is 1. The third kappa shape index (κ3) is 3.23. The number of hydrogen-bond donors (Lipinski definition) is 0. The molecule has 7 heteroatoms. The molecule has 0 fully saturated rings. The Morgan fingerprint density at radius 3 is 2.16 bits per heavy atom. The molecule has 1 unspecified atom stereocenters. The van der Waals surface area contributed by atoms with Crippen molar-refractivity contribution < 1.29 is 21.3 Å². The number of benzene rings is 2. The zero-order valence-electron chi connectivity index (χ0n) is 9.56. The molecule has 1 atom stereocenters. The maximum Gasteiger partial charge on any atom is 0.566 e. The molecule has 0 saturated heterocycles. The monoisotopic (exact) mass is 299 g/mol. The van der Waals surface area contributed by atoms with Gasteiger partial charge in [-0.05, 0) is 32.8 Å². The maximum atomic E-state index is 13.4. The third-order valence-corrected chi connectivity index (χ3v) is 5.15. The molecule has 2 aromatic rings. The lowest BCUT2D eigenvalue weighted by molar-refractivity contribution is 0.473. The SMILES string of the molecule is O=[P+](OS(=O)(=O)c1ccccc1F)c1ccccc1. The van der Waals surface area contributed by atoms with Gasteiger partial charge in [-0.15, -0.1) is 0 Å². The molecule has 4 nitrogen and oxygen atoms in total. The minimum atomic E-state index is -4.40. The smallest absolute Gasteiger partial charge is 0.205 e. The van der Waals surface area contributed by atoms with Gasteiger partial charge in [-0.2, -0.15) is 8.42 Å². The summed E-state index contributed by atoms with van der Waals surface area (Å²) in [5.74, 6) is -0.945. The summed E-state index contributed by atoms with van der Waals surface area (Å²) in [7, 11) is -7.00. The van der Waals surface area contributed by atoms with E-state index in [2.05, 4.69) is 3.97 Å². The highest BCUT2D eigenvalue weighted by Gasteiger charge is 2.34. The van der Waals surface area contributed by atoms with Crippen molar-refractivity contribution in [3.8, 4) is 0 Å². The van der Waals surface area contributed by atoms with Gasteiger partial charge in [0, 0.05) is 0 Å². The van der Waals surface area contributed by atoms with Crippen molar-refractivity contribution in [3.63, 3.8) is 0 Å². The van der Waals surface area contributed by atoms with Gasteiger partial charge in [0.15, 0.2) is 0 Å². The second kappa shape index (κ2) is 5.57. The average molecular weight is 299 g/mol. The first-order valence-corrected chi connectivity index (χ1v) is 7.81. The quantitative estimate of drug-likeness (QED) is 0.814. The largest absolute Gasteiger partial charge is 0.566 e. The van der Waals surface area contributed by atoms with Crippen LogP contribution in [0.25, 0.3) is 0 Å². The van der Waals surface area contributed by atoms with Crippen molar-refractivity contribution in [3.05, 3.63) is 60.4 Å². The average Bonchev–Trinajstić information content (AvgIpc) is 2.39. The summed E-state index contributed by atoms with van der Waals surface area (Å²) >= 11 is 0. The van der Waals surface area contributed by atoms with E-state index in [0.717, 1.165) is 12.1 Å². The zero-order chi connectivity index (χ0) is 13.9. The van der Waals surface area contributed by atoms with Gasteiger partial charge < -0.3 is 0 Å². The predicted octanol–water partition coefficient (Wildman–Crippen LogP) is 2.60. The molecular formula is C12H9FO4PS+. The molecule has 19 heavy (non-hydrogen) atoms. The Balaban J connectivity index is 2.29. The molecule has 0 saturated carbocycles. The van der Waals surface area contributed by atoms with E-state index in [-0.39, 0.29) is 5.30 Å².